The number of benzene rings is 2. The van der Waals surface area contributed by atoms with Gasteiger partial charge in [0.25, 0.3) is 5.91 Å². The van der Waals surface area contributed by atoms with E-state index in [1.165, 1.54) is 0 Å². The van der Waals surface area contributed by atoms with Crippen LogP contribution >= 0.6 is 11.3 Å². The molecule has 1 aliphatic heterocycles. The quantitative estimate of drug-likeness (QED) is 0.564. The van der Waals surface area contributed by atoms with Crippen molar-refractivity contribution in [3.8, 4) is 22.2 Å². The van der Waals surface area contributed by atoms with Crippen LogP contribution in [0.3, 0.4) is 0 Å². The Morgan fingerprint density at radius 1 is 1.15 bits per heavy atom. The van der Waals surface area contributed by atoms with Gasteiger partial charge in [-0.05, 0) is 41.8 Å². The molecule has 0 aliphatic carbocycles. The standard InChI is InChI=1S/C20H15N3O3S/c24-20(17-11-25-15-4-1-2-5-16(15)26-17)21-12-7-8-13-14(10-12)23-19(22-13)18-6-3-9-27-18/h1-10,17H,11H2,(H,21,24)(H,22,23). The number of anilines is 1. The Labute approximate surface area is 158 Å². The maximum atomic E-state index is 12.6. The van der Waals surface area contributed by atoms with Crippen molar-refractivity contribution in [2.24, 2.45) is 0 Å². The van der Waals surface area contributed by atoms with Crippen LogP contribution in [0.25, 0.3) is 21.7 Å². The monoisotopic (exact) mass is 377 g/mol. The van der Waals surface area contributed by atoms with Gasteiger partial charge in [-0.15, -0.1) is 11.3 Å². The summed E-state index contributed by atoms with van der Waals surface area (Å²) in [6.07, 6.45) is -0.695. The van der Waals surface area contributed by atoms with Crippen molar-refractivity contribution in [2.75, 3.05) is 11.9 Å². The second-order valence-corrected chi connectivity index (χ2v) is 7.10. The van der Waals surface area contributed by atoms with Gasteiger partial charge in [-0.3, -0.25) is 4.79 Å². The number of hydrogen-bond acceptors (Lipinski definition) is 5. The largest absolute Gasteiger partial charge is 0.485 e. The van der Waals surface area contributed by atoms with Gasteiger partial charge in [-0.1, -0.05) is 18.2 Å². The van der Waals surface area contributed by atoms with Gasteiger partial charge in [0.05, 0.1) is 15.9 Å². The summed E-state index contributed by atoms with van der Waals surface area (Å²) in [6, 6.07) is 16.9. The lowest BCUT2D eigenvalue weighted by molar-refractivity contribution is -0.125. The van der Waals surface area contributed by atoms with Crippen LogP contribution in [0, 0.1) is 0 Å². The molecule has 2 aromatic carbocycles. The summed E-state index contributed by atoms with van der Waals surface area (Å²) in [7, 11) is 0. The number of ether oxygens (including phenoxy) is 2. The molecule has 1 amide bonds. The molecule has 4 aromatic rings. The van der Waals surface area contributed by atoms with Gasteiger partial charge in [0.1, 0.15) is 12.4 Å². The molecule has 0 spiro atoms. The molecule has 1 atom stereocenters. The topological polar surface area (TPSA) is 76.2 Å². The van der Waals surface area contributed by atoms with Crippen LogP contribution in [-0.4, -0.2) is 28.6 Å². The van der Waals surface area contributed by atoms with Crippen LogP contribution in [0.1, 0.15) is 0 Å². The highest BCUT2D eigenvalue weighted by molar-refractivity contribution is 7.13. The van der Waals surface area contributed by atoms with E-state index < -0.39 is 6.10 Å². The fourth-order valence-corrected chi connectivity index (χ4v) is 3.66. The molecule has 0 radical (unpaired) electrons. The Kier molecular flexibility index (Phi) is 3.79. The number of fused-ring (bicyclic) bond motifs is 2. The van der Waals surface area contributed by atoms with Crippen LogP contribution in [0.15, 0.2) is 60.0 Å². The van der Waals surface area contributed by atoms with Crippen molar-refractivity contribution in [2.45, 2.75) is 6.10 Å². The van der Waals surface area contributed by atoms with Crippen LogP contribution in [-0.2, 0) is 4.79 Å². The predicted octanol–water partition coefficient (Wildman–Crippen LogP) is 4.07. The SMILES string of the molecule is O=C(Nc1ccc2nc(-c3cccs3)[nH]c2c1)C1COc2ccccc2O1. The third-order valence-corrected chi connectivity index (χ3v) is 5.18. The van der Waals surface area contributed by atoms with Crippen molar-refractivity contribution in [1.82, 2.24) is 9.97 Å². The van der Waals surface area contributed by atoms with E-state index in [0.717, 1.165) is 21.7 Å². The minimum atomic E-state index is -0.695. The van der Waals surface area contributed by atoms with Crippen LogP contribution in [0.4, 0.5) is 5.69 Å². The fourth-order valence-electron chi connectivity index (χ4n) is 2.99. The first-order valence-corrected chi connectivity index (χ1v) is 9.37. The molecule has 2 N–H and O–H groups in total. The highest BCUT2D eigenvalue weighted by Crippen LogP contribution is 2.31. The molecule has 134 valence electrons. The number of nitrogens with one attached hydrogen (secondary N) is 2. The van der Waals surface area contributed by atoms with E-state index in [1.807, 2.05) is 53.9 Å². The van der Waals surface area contributed by atoms with Crippen molar-refractivity contribution in [3.63, 3.8) is 0 Å². The number of hydrogen-bond donors (Lipinski definition) is 2. The first-order chi connectivity index (χ1) is 13.3. The lowest BCUT2D eigenvalue weighted by atomic mass is 10.2. The third-order valence-electron chi connectivity index (χ3n) is 4.31. The van der Waals surface area contributed by atoms with Crippen molar-refractivity contribution < 1.29 is 14.3 Å². The molecular formula is C20H15N3O3S. The summed E-state index contributed by atoms with van der Waals surface area (Å²) in [5.74, 6) is 1.81. The second-order valence-electron chi connectivity index (χ2n) is 6.15. The average Bonchev–Trinajstić information content (AvgIpc) is 3.36. The molecule has 0 bridgehead atoms. The number of rotatable bonds is 3. The molecule has 7 heteroatoms. The number of thiophene rings is 1. The van der Waals surface area contributed by atoms with Gasteiger partial charge < -0.3 is 19.8 Å². The molecule has 2 aromatic heterocycles. The Morgan fingerprint density at radius 2 is 2.04 bits per heavy atom. The van der Waals surface area contributed by atoms with Crippen LogP contribution in [0.5, 0.6) is 11.5 Å². The number of para-hydroxylation sites is 2. The van der Waals surface area contributed by atoms with Crippen molar-refractivity contribution in [3.05, 3.63) is 60.0 Å². The van der Waals surface area contributed by atoms with E-state index >= 15 is 0 Å². The predicted molar refractivity (Wildman–Crippen MR) is 104 cm³/mol. The highest BCUT2D eigenvalue weighted by Gasteiger charge is 2.27. The zero-order chi connectivity index (χ0) is 18.2. The minimum Gasteiger partial charge on any atom is -0.485 e. The number of carbonyl (C=O) groups excluding carboxylic acids is 1. The van der Waals surface area contributed by atoms with E-state index in [1.54, 1.807) is 17.4 Å². The maximum Gasteiger partial charge on any atom is 0.269 e. The number of H-pyrrole nitrogens is 1. The van der Waals surface area contributed by atoms with Gasteiger partial charge in [-0.2, -0.15) is 0 Å². The number of aromatic nitrogens is 2. The average molecular weight is 377 g/mol. The number of aromatic amines is 1. The zero-order valence-electron chi connectivity index (χ0n) is 14.1. The van der Waals surface area contributed by atoms with E-state index in [-0.39, 0.29) is 12.5 Å². The Bertz CT molecular complexity index is 1120. The minimum absolute atomic E-state index is 0.178. The van der Waals surface area contributed by atoms with Gasteiger partial charge in [-0.25, -0.2) is 4.98 Å². The summed E-state index contributed by atoms with van der Waals surface area (Å²) in [5.41, 5.74) is 2.39. The zero-order valence-corrected chi connectivity index (χ0v) is 15.0. The molecule has 0 fully saturated rings. The Balaban J connectivity index is 1.34. The first-order valence-electron chi connectivity index (χ1n) is 8.49. The maximum absolute atomic E-state index is 12.6. The lowest BCUT2D eigenvalue weighted by Crippen LogP contribution is -2.40. The second kappa shape index (κ2) is 6.44. The summed E-state index contributed by atoms with van der Waals surface area (Å²) in [6.45, 7) is 0.178. The molecule has 3 heterocycles. The molecule has 6 nitrogen and oxygen atoms in total. The third kappa shape index (κ3) is 3.02. The summed E-state index contributed by atoms with van der Waals surface area (Å²) >= 11 is 1.63. The van der Waals surface area contributed by atoms with E-state index in [0.29, 0.717) is 17.2 Å². The Hall–Kier alpha value is -3.32. The van der Waals surface area contributed by atoms with E-state index in [9.17, 15) is 4.79 Å². The Morgan fingerprint density at radius 3 is 2.89 bits per heavy atom. The van der Waals surface area contributed by atoms with E-state index in [4.69, 9.17) is 9.47 Å². The smallest absolute Gasteiger partial charge is 0.269 e. The fraction of sp³-hybridized carbons (Fsp3) is 0.100. The molecule has 0 saturated heterocycles. The first kappa shape index (κ1) is 15.9. The van der Waals surface area contributed by atoms with Gasteiger partial charge in [0, 0.05) is 5.69 Å². The van der Waals surface area contributed by atoms with Gasteiger partial charge in [0.2, 0.25) is 6.10 Å². The molecule has 5 rings (SSSR count). The molecule has 27 heavy (non-hydrogen) atoms. The number of nitrogens with zero attached hydrogens (tertiary/aromatic N) is 1. The summed E-state index contributed by atoms with van der Waals surface area (Å²) < 4.78 is 11.4. The normalized spacial score (nSPS) is 15.6. The van der Waals surface area contributed by atoms with Gasteiger partial charge in [0.15, 0.2) is 11.5 Å². The van der Waals surface area contributed by atoms with Crippen LogP contribution in [0.2, 0.25) is 0 Å². The molecule has 1 aliphatic rings. The lowest BCUT2D eigenvalue weighted by Gasteiger charge is -2.25. The number of imidazole rings is 1. The van der Waals surface area contributed by atoms with E-state index in [2.05, 4.69) is 15.3 Å². The van der Waals surface area contributed by atoms with Gasteiger partial charge >= 0.3 is 0 Å². The molecule has 1 unspecified atom stereocenters. The number of carbonyl (C=O) groups is 1. The van der Waals surface area contributed by atoms with Crippen molar-refractivity contribution in [1.29, 1.82) is 0 Å². The number of amides is 1. The van der Waals surface area contributed by atoms with Crippen molar-refractivity contribution >= 4 is 34.0 Å². The van der Waals surface area contributed by atoms with Crippen LogP contribution < -0.4 is 14.8 Å². The molecular weight excluding hydrogens is 362 g/mol. The highest BCUT2D eigenvalue weighted by atomic mass is 32.1. The molecule has 0 saturated carbocycles. The summed E-state index contributed by atoms with van der Waals surface area (Å²) in [5, 5.41) is 4.90. The summed E-state index contributed by atoms with van der Waals surface area (Å²) in [4.78, 5) is 21.5.